The van der Waals surface area contributed by atoms with Crippen LogP contribution in [0.15, 0.2) is 34.2 Å². The minimum Gasteiger partial charge on any atom is -0.497 e. The van der Waals surface area contributed by atoms with Crippen molar-refractivity contribution in [2.45, 2.75) is 39.0 Å². The number of amidine groups is 1. The van der Waals surface area contributed by atoms with Gasteiger partial charge in [0.25, 0.3) is 10.0 Å². The van der Waals surface area contributed by atoms with E-state index in [1.165, 1.54) is 6.42 Å². The molecule has 0 bridgehead atoms. The second kappa shape index (κ2) is 8.41. The van der Waals surface area contributed by atoms with Gasteiger partial charge in [-0.15, -0.1) is 4.40 Å². The van der Waals surface area contributed by atoms with Crippen molar-refractivity contribution >= 4 is 26.7 Å². The predicted octanol–water partition coefficient (Wildman–Crippen LogP) is 2.89. The van der Waals surface area contributed by atoms with Crippen molar-refractivity contribution in [2.24, 2.45) is 10.3 Å². The molecule has 1 amide bonds. The first-order chi connectivity index (χ1) is 14.4. The van der Waals surface area contributed by atoms with Gasteiger partial charge in [0.2, 0.25) is 5.91 Å². The lowest BCUT2D eigenvalue weighted by atomic mass is 9.93. The summed E-state index contributed by atoms with van der Waals surface area (Å²) in [5.74, 6) is 1.49. The van der Waals surface area contributed by atoms with Crippen molar-refractivity contribution < 1.29 is 17.9 Å². The smallest absolute Gasteiger partial charge is 0.285 e. The van der Waals surface area contributed by atoms with E-state index < -0.39 is 10.0 Å². The van der Waals surface area contributed by atoms with Crippen LogP contribution in [0, 0.1) is 5.92 Å². The van der Waals surface area contributed by atoms with Crippen LogP contribution in [0.1, 0.15) is 44.6 Å². The Morgan fingerprint density at radius 2 is 1.67 bits per heavy atom. The minimum atomic E-state index is -3.74. The maximum absolute atomic E-state index is 12.8. The number of piperidine rings is 2. The summed E-state index contributed by atoms with van der Waals surface area (Å²) in [5.41, 5.74) is 1.28. The Balaban J connectivity index is 1.48. The van der Waals surface area contributed by atoms with Crippen molar-refractivity contribution in [1.82, 2.24) is 9.80 Å². The Kier molecular flexibility index (Phi) is 5.86. The highest BCUT2D eigenvalue weighted by Crippen LogP contribution is 2.35. The Hall–Kier alpha value is -2.35. The van der Waals surface area contributed by atoms with E-state index in [4.69, 9.17) is 4.74 Å². The van der Waals surface area contributed by atoms with E-state index in [0.717, 1.165) is 38.8 Å². The molecular formula is C22H29N3O4S. The SMILES string of the molecule is COc1ccc(C2=C(C)C(N3CCC(C(=O)N4CCCCC4)CC3)=NS2(=O)=O)cc1. The zero-order valence-corrected chi connectivity index (χ0v) is 18.5. The molecule has 0 aliphatic carbocycles. The fourth-order valence-electron chi connectivity index (χ4n) is 4.64. The van der Waals surface area contributed by atoms with Crippen molar-refractivity contribution in [2.75, 3.05) is 33.3 Å². The van der Waals surface area contributed by atoms with Crippen molar-refractivity contribution in [3.05, 3.63) is 35.4 Å². The quantitative estimate of drug-likeness (QED) is 0.735. The van der Waals surface area contributed by atoms with Gasteiger partial charge in [0, 0.05) is 37.7 Å². The van der Waals surface area contributed by atoms with E-state index >= 15 is 0 Å². The van der Waals surface area contributed by atoms with Gasteiger partial charge in [-0.05, 0) is 68.9 Å². The summed E-state index contributed by atoms with van der Waals surface area (Å²) in [6.07, 6.45) is 4.87. The number of methoxy groups -OCH3 is 1. The number of likely N-dealkylation sites (tertiary alicyclic amines) is 2. The van der Waals surface area contributed by atoms with Crippen LogP contribution in [0.3, 0.4) is 0 Å². The van der Waals surface area contributed by atoms with Crippen LogP contribution < -0.4 is 4.74 Å². The average molecular weight is 432 g/mol. The molecule has 0 spiro atoms. The molecule has 0 radical (unpaired) electrons. The van der Waals surface area contributed by atoms with E-state index in [1.54, 1.807) is 31.4 Å². The van der Waals surface area contributed by atoms with Crippen LogP contribution in [0.25, 0.3) is 4.91 Å². The van der Waals surface area contributed by atoms with Gasteiger partial charge in [-0.1, -0.05) is 0 Å². The van der Waals surface area contributed by atoms with Crippen LogP contribution in [0.2, 0.25) is 0 Å². The van der Waals surface area contributed by atoms with Crippen LogP contribution in [-0.4, -0.2) is 63.2 Å². The van der Waals surface area contributed by atoms with Gasteiger partial charge in [-0.25, -0.2) is 0 Å². The number of rotatable bonds is 3. The summed E-state index contributed by atoms with van der Waals surface area (Å²) in [6.45, 7) is 4.85. The lowest BCUT2D eigenvalue weighted by molar-refractivity contribution is -0.137. The minimum absolute atomic E-state index is 0.0308. The third-order valence-corrected chi connectivity index (χ3v) is 7.78. The molecule has 3 heterocycles. The first-order valence-electron chi connectivity index (χ1n) is 10.6. The van der Waals surface area contributed by atoms with Crippen LogP contribution in [0.4, 0.5) is 0 Å². The average Bonchev–Trinajstić information content (AvgIpc) is 3.02. The van der Waals surface area contributed by atoms with Crippen molar-refractivity contribution in [3.8, 4) is 5.75 Å². The van der Waals surface area contributed by atoms with Crippen LogP contribution >= 0.6 is 0 Å². The summed E-state index contributed by atoms with van der Waals surface area (Å²) < 4.78 is 34.9. The van der Waals surface area contributed by atoms with Gasteiger partial charge in [0.15, 0.2) is 0 Å². The summed E-state index contributed by atoms with van der Waals surface area (Å²) in [7, 11) is -2.17. The number of ether oxygens (including phenoxy) is 1. The maximum atomic E-state index is 12.8. The van der Waals surface area contributed by atoms with E-state index in [9.17, 15) is 13.2 Å². The standard InChI is InChI=1S/C22H29N3O4S/c1-16-20(17-6-8-19(29-2)9-7-17)30(27,28)23-21(16)24-14-10-18(11-15-24)22(26)25-12-4-3-5-13-25/h6-9,18H,3-5,10-15H2,1-2H3. The van der Waals surface area contributed by atoms with Crippen molar-refractivity contribution in [1.29, 1.82) is 0 Å². The van der Waals surface area contributed by atoms with Gasteiger partial charge in [0.05, 0.1) is 7.11 Å². The van der Waals surface area contributed by atoms with E-state index in [0.29, 0.717) is 35.8 Å². The molecule has 162 valence electrons. The van der Waals surface area contributed by atoms with Crippen LogP contribution in [0.5, 0.6) is 5.75 Å². The zero-order chi connectivity index (χ0) is 21.3. The first kappa shape index (κ1) is 20.9. The molecule has 1 aromatic carbocycles. The maximum Gasteiger partial charge on any atom is 0.285 e. The Bertz CT molecular complexity index is 968. The fourth-order valence-corrected chi connectivity index (χ4v) is 6.12. The number of carbonyl (C=O) groups is 1. The molecule has 3 aliphatic rings. The predicted molar refractivity (Wildman–Crippen MR) is 117 cm³/mol. The molecule has 0 unspecified atom stereocenters. The van der Waals surface area contributed by atoms with E-state index in [2.05, 4.69) is 4.40 Å². The number of carbonyl (C=O) groups excluding carboxylic acids is 1. The highest BCUT2D eigenvalue weighted by atomic mass is 32.2. The molecule has 30 heavy (non-hydrogen) atoms. The monoisotopic (exact) mass is 431 g/mol. The summed E-state index contributed by atoms with van der Waals surface area (Å²) >= 11 is 0. The van der Waals surface area contributed by atoms with Crippen LogP contribution in [-0.2, 0) is 14.8 Å². The molecule has 0 aromatic heterocycles. The Labute approximate surface area is 178 Å². The topological polar surface area (TPSA) is 79.3 Å². The van der Waals surface area contributed by atoms with Gasteiger partial charge in [-0.3, -0.25) is 4.79 Å². The molecule has 0 saturated carbocycles. The molecule has 1 aromatic rings. The van der Waals surface area contributed by atoms with Gasteiger partial charge in [0.1, 0.15) is 16.5 Å². The van der Waals surface area contributed by atoms with Gasteiger partial charge >= 0.3 is 0 Å². The molecule has 2 fully saturated rings. The molecular weight excluding hydrogens is 402 g/mol. The first-order valence-corrected chi connectivity index (χ1v) is 12.1. The van der Waals surface area contributed by atoms with Crippen molar-refractivity contribution in [3.63, 3.8) is 0 Å². The largest absolute Gasteiger partial charge is 0.497 e. The Morgan fingerprint density at radius 1 is 1.03 bits per heavy atom. The summed E-state index contributed by atoms with van der Waals surface area (Å²) in [6, 6.07) is 7.00. The number of hydrogen-bond acceptors (Lipinski definition) is 5. The lowest BCUT2D eigenvalue weighted by Crippen LogP contribution is -2.45. The molecule has 7 nitrogen and oxygen atoms in total. The van der Waals surface area contributed by atoms with Gasteiger partial charge < -0.3 is 14.5 Å². The molecule has 3 aliphatic heterocycles. The molecule has 0 atom stereocenters. The normalized spacial score (nSPS) is 22.3. The molecule has 0 N–H and O–H groups in total. The Morgan fingerprint density at radius 3 is 2.27 bits per heavy atom. The highest BCUT2D eigenvalue weighted by molar-refractivity contribution is 8.00. The highest BCUT2D eigenvalue weighted by Gasteiger charge is 2.36. The molecule has 2 saturated heterocycles. The number of benzene rings is 1. The number of amides is 1. The van der Waals surface area contributed by atoms with E-state index in [1.807, 2.05) is 16.7 Å². The number of sulfonamides is 1. The summed E-state index contributed by atoms with van der Waals surface area (Å²) in [4.78, 5) is 17.1. The second-order valence-corrected chi connectivity index (χ2v) is 9.76. The number of hydrogen-bond donors (Lipinski definition) is 0. The fraction of sp³-hybridized carbons (Fsp3) is 0.545. The lowest BCUT2D eigenvalue weighted by Gasteiger charge is -2.36. The molecule has 8 heteroatoms. The third kappa shape index (κ3) is 3.97. The second-order valence-electron chi connectivity index (χ2n) is 8.22. The third-order valence-electron chi connectivity index (χ3n) is 6.30. The van der Waals surface area contributed by atoms with Gasteiger partial charge in [-0.2, -0.15) is 8.42 Å². The zero-order valence-electron chi connectivity index (χ0n) is 17.6. The number of nitrogens with zero attached hydrogens (tertiary/aromatic N) is 3. The summed E-state index contributed by atoms with van der Waals surface area (Å²) in [5, 5.41) is 0. The van der Waals surface area contributed by atoms with E-state index in [-0.39, 0.29) is 16.7 Å². The molecule has 4 rings (SSSR count).